The van der Waals surface area contributed by atoms with E-state index >= 15 is 4.39 Å². The third-order valence-corrected chi connectivity index (χ3v) is 6.78. The van der Waals surface area contributed by atoms with Crippen molar-refractivity contribution < 1.29 is 9.18 Å². The number of para-hydroxylation sites is 1. The normalized spacial score (nSPS) is 17.7. The summed E-state index contributed by atoms with van der Waals surface area (Å²) in [7, 11) is 0. The van der Waals surface area contributed by atoms with Crippen molar-refractivity contribution in [3.8, 4) is 0 Å². The molecule has 1 aromatic heterocycles. The number of likely N-dealkylation sites (tertiary alicyclic amines) is 1. The summed E-state index contributed by atoms with van der Waals surface area (Å²) in [5, 5.41) is 0. The van der Waals surface area contributed by atoms with E-state index in [0.717, 1.165) is 37.9 Å². The third-order valence-electron chi connectivity index (χ3n) is 6.78. The number of fused-ring (bicyclic) bond motifs is 1. The summed E-state index contributed by atoms with van der Waals surface area (Å²) in [4.78, 5) is 27.5. The van der Waals surface area contributed by atoms with E-state index in [-0.39, 0.29) is 24.7 Å². The predicted octanol–water partition coefficient (Wildman–Crippen LogP) is 3.05. The minimum atomic E-state index is -1.77. The summed E-state index contributed by atoms with van der Waals surface area (Å²) in [6.07, 6.45) is 6.60. The Morgan fingerprint density at radius 1 is 1.15 bits per heavy atom. The van der Waals surface area contributed by atoms with Gasteiger partial charge in [0.25, 0.3) is 5.91 Å². The van der Waals surface area contributed by atoms with Gasteiger partial charge in [-0.15, -0.1) is 0 Å². The first-order valence-corrected chi connectivity index (χ1v) is 12.1. The van der Waals surface area contributed by atoms with Crippen LogP contribution in [0.3, 0.4) is 0 Å². The van der Waals surface area contributed by atoms with Gasteiger partial charge in [-0.3, -0.25) is 9.69 Å². The molecule has 0 atom stereocenters. The van der Waals surface area contributed by atoms with Gasteiger partial charge in [0.2, 0.25) is 5.95 Å². The summed E-state index contributed by atoms with van der Waals surface area (Å²) in [5.74, 6) is -0.0858. The highest BCUT2D eigenvalue weighted by Crippen LogP contribution is 2.30. The lowest BCUT2D eigenvalue weighted by atomic mass is 9.91. The lowest BCUT2D eigenvalue weighted by Crippen LogP contribution is -2.52. The SMILES string of the molecule is CCCN(CCCN1CCc2ccccc21)C(=O)C1(F)CCN(Cc2cnc(N)nc2)CC1. The van der Waals surface area contributed by atoms with Crippen LogP contribution in [-0.2, 0) is 17.8 Å². The Kier molecular flexibility index (Phi) is 7.42. The molecule has 4 rings (SSSR count). The van der Waals surface area contributed by atoms with E-state index in [2.05, 4.69) is 44.0 Å². The van der Waals surface area contributed by atoms with Gasteiger partial charge in [0.1, 0.15) is 0 Å². The number of rotatable bonds is 9. The number of hydrogen-bond donors (Lipinski definition) is 1. The van der Waals surface area contributed by atoms with Gasteiger partial charge < -0.3 is 15.5 Å². The third kappa shape index (κ3) is 5.61. The molecular weight excluding hydrogens is 419 g/mol. The number of nitrogens with zero attached hydrogens (tertiary/aromatic N) is 5. The zero-order chi connectivity index (χ0) is 23.3. The van der Waals surface area contributed by atoms with Gasteiger partial charge >= 0.3 is 0 Å². The molecule has 0 unspecified atom stereocenters. The molecule has 1 fully saturated rings. The van der Waals surface area contributed by atoms with Crippen molar-refractivity contribution in [3.63, 3.8) is 0 Å². The van der Waals surface area contributed by atoms with Crippen LogP contribution in [0.15, 0.2) is 36.7 Å². The summed E-state index contributed by atoms with van der Waals surface area (Å²) in [5.41, 5.74) is 7.40. The van der Waals surface area contributed by atoms with Crippen LogP contribution in [0.2, 0.25) is 0 Å². The maximum Gasteiger partial charge on any atom is 0.260 e. The molecule has 2 aromatic rings. The number of benzene rings is 1. The molecule has 1 amide bonds. The number of alkyl halides is 1. The van der Waals surface area contributed by atoms with Gasteiger partial charge in [-0.2, -0.15) is 0 Å². The molecule has 0 aliphatic carbocycles. The average Bonchev–Trinajstić information content (AvgIpc) is 3.24. The van der Waals surface area contributed by atoms with E-state index in [1.807, 2.05) is 6.92 Å². The van der Waals surface area contributed by atoms with Crippen molar-refractivity contribution in [2.45, 2.75) is 51.2 Å². The Morgan fingerprint density at radius 3 is 2.61 bits per heavy atom. The summed E-state index contributed by atoms with van der Waals surface area (Å²) < 4.78 is 15.8. The number of hydrogen-bond acceptors (Lipinski definition) is 6. The number of halogens is 1. The van der Waals surface area contributed by atoms with Crippen LogP contribution in [0.25, 0.3) is 0 Å². The van der Waals surface area contributed by atoms with E-state index in [4.69, 9.17) is 5.73 Å². The number of nitrogens with two attached hydrogens (primary N) is 1. The van der Waals surface area contributed by atoms with Crippen LogP contribution in [0.5, 0.6) is 0 Å². The Labute approximate surface area is 195 Å². The molecule has 0 radical (unpaired) electrons. The molecule has 1 aromatic carbocycles. The van der Waals surface area contributed by atoms with Gasteiger partial charge in [-0.25, -0.2) is 14.4 Å². The Bertz CT molecular complexity index is 929. The van der Waals surface area contributed by atoms with Crippen LogP contribution >= 0.6 is 0 Å². The fraction of sp³-hybridized carbons (Fsp3) is 0.560. The van der Waals surface area contributed by atoms with Crippen LogP contribution in [0, 0.1) is 0 Å². The largest absolute Gasteiger partial charge is 0.371 e. The van der Waals surface area contributed by atoms with E-state index in [9.17, 15) is 4.79 Å². The molecule has 1 saturated heterocycles. The molecule has 0 spiro atoms. The first-order chi connectivity index (χ1) is 16.0. The lowest BCUT2D eigenvalue weighted by Gasteiger charge is -2.38. The quantitative estimate of drug-likeness (QED) is 0.628. The second kappa shape index (κ2) is 10.5. The fourth-order valence-electron chi connectivity index (χ4n) is 4.94. The number of carbonyl (C=O) groups is 1. The second-order valence-corrected chi connectivity index (χ2v) is 9.20. The highest BCUT2D eigenvalue weighted by atomic mass is 19.1. The van der Waals surface area contributed by atoms with Crippen molar-refractivity contribution in [3.05, 3.63) is 47.8 Å². The molecule has 2 aliphatic heterocycles. The monoisotopic (exact) mass is 454 g/mol. The number of aromatic nitrogens is 2. The topological polar surface area (TPSA) is 78.6 Å². The molecule has 7 nitrogen and oxygen atoms in total. The van der Waals surface area contributed by atoms with Gasteiger partial charge in [0, 0.05) is 82.3 Å². The molecule has 2 aliphatic rings. The molecule has 8 heteroatoms. The van der Waals surface area contributed by atoms with Crippen LogP contribution in [0.1, 0.15) is 43.7 Å². The van der Waals surface area contributed by atoms with Gasteiger partial charge in [-0.1, -0.05) is 25.1 Å². The smallest absolute Gasteiger partial charge is 0.260 e. The van der Waals surface area contributed by atoms with Crippen LogP contribution < -0.4 is 10.6 Å². The first-order valence-electron chi connectivity index (χ1n) is 12.1. The number of nitrogen functional groups attached to an aromatic ring is 1. The zero-order valence-corrected chi connectivity index (χ0v) is 19.5. The molecule has 178 valence electrons. The average molecular weight is 455 g/mol. The minimum Gasteiger partial charge on any atom is -0.371 e. The van der Waals surface area contributed by atoms with Crippen molar-refractivity contribution >= 4 is 17.5 Å². The van der Waals surface area contributed by atoms with Crippen molar-refractivity contribution in [2.24, 2.45) is 0 Å². The molecule has 33 heavy (non-hydrogen) atoms. The molecule has 3 heterocycles. The van der Waals surface area contributed by atoms with Gasteiger partial charge in [-0.05, 0) is 30.9 Å². The zero-order valence-electron chi connectivity index (χ0n) is 19.5. The van der Waals surface area contributed by atoms with E-state index in [1.54, 1.807) is 17.3 Å². The standard InChI is InChI=1S/C25H35FN6O/c1-2-11-32(13-5-12-31-14-8-21-6-3-4-7-22(21)31)23(33)25(26)9-15-30(16-10-25)19-20-17-28-24(27)29-18-20/h3-4,6-7,17-18H,2,5,8-16,19H2,1H3,(H2,27,28,29). The van der Waals surface area contributed by atoms with E-state index < -0.39 is 5.67 Å². The van der Waals surface area contributed by atoms with Crippen LogP contribution in [-0.4, -0.2) is 70.6 Å². The number of piperidine rings is 1. The lowest BCUT2D eigenvalue weighted by molar-refractivity contribution is -0.147. The van der Waals surface area contributed by atoms with E-state index in [1.165, 1.54) is 11.3 Å². The summed E-state index contributed by atoms with van der Waals surface area (Å²) in [6, 6.07) is 8.50. The number of anilines is 2. The molecular formula is C25H35FN6O. The van der Waals surface area contributed by atoms with Gasteiger partial charge in [0.05, 0.1) is 0 Å². The Morgan fingerprint density at radius 2 is 1.88 bits per heavy atom. The fourth-order valence-corrected chi connectivity index (χ4v) is 4.94. The van der Waals surface area contributed by atoms with Crippen molar-refractivity contribution in [1.82, 2.24) is 19.8 Å². The Hall–Kier alpha value is -2.74. The predicted molar refractivity (Wildman–Crippen MR) is 129 cm³/mol. The molecule has 0 saturated carbocycles. The molecule has 2 N–H and O–H groups in total. The maximum absolute atomic E-state index is 15.8. The Balaban J connectivity index is 1.28. The second-order valence-electron chi connectivity index (χ2n) is 9.20. The van der Waals surface area contributed by atoms with Crippen LogP contribution in [0.4, 0.5) is 16.0 Å². The van der Waals surface area contributed by atoms with Gasteiger partial charge in [0.15, 0.2) is 5.67 Å². The first kappa shape index (κ1) is 23.4. The molecule has 0 bridgehead atoms. The summed E-state index contributed by atoms with van der Waals surface area (Å²) in [6.45, 7) is 6.87. The summed E-state index contributed by atoms with van der Waals surface area (Å²) >= 11 is 0. The number of carbonyl (C=O) groups excluding carboxylic acids is 1. The number of amides is 1. The van der Waals surface area contributed by atoms with Crippen molar-refractivity contribution in [1.29, 1.82) is 0 Å². The van der Waals surface area contributed by atoms with Crippen molar-refractivity contribution in [2.75, 3.05) is 49.9 Å². The van der Waals surface area contributed by atoms with E-state index in [0.29, 0.717) is 32.7 Å². The minimum absolute atomic E-state index is 0.224. The maximum atomic E-state index is 15.8. The highest BCUT2D eigenvalue weighted by Gasteiger charge is 2.43. The highest BCUT2D eigenvalue weighted by molar-refractivity contribution is 5.85.